The highest BCUT2D eigenvalue weighted by Crippen LogP contribution is 2.29. The van der Waals surface area contributed by atoms with Gasteiger partial charge >= 0.3 is 6.55 Å². The first kappa shape index (κ1) is 19.5. The maximum atomic E-state index is 12.7. The van der Waals surface area contributed by atoms with Crippen LogP contribution < -0.4 is 4.74 Å². The Morgan fingerprint density at radius 3 is 2.83 bits per heavy atom. The van der Waals surface area contributed by atoms with Gasteiger partial charge in [-0.15, -0.1) is 0 Å². The van der Waals surface area contributed by atoms with Gasteiger partial charge in [0.25, 0.3) is 0 Å². The van der Waals surface area contributed by atoms with Crippen molar-refractivity contribution in [2.75, 3.05) is 19.8 Å². The van der Waals surface area contributed by atoms with Crippen molar-refractivity contribution in [2.24, 2.45) is 0 Å². The molecular weight excluding hydrogens is 382 g/mol. The van der Waals surface area contributed by atoms with Crippen LogP contribution in [0.15, 0.2) is 30.7 Å². The third kappa shape index (κ3) is 4.14. The van der Waals surface area contributed by atoms with Crippen LogP contribution >= 0.6 is 0 Å². The number of alkyl halides is 2. The van der Waals surface area contributed by atoms with Crippen molar-refractivity contribution in [2.45, 2.75) is 38.7 Å². The number of halogens is 2. The van der Waals surface area contributed by atoms with Gasteiger partial charge in [-0.25, -0.2) is 9.67 Å². The summed E-state index contributed by atoms with van der Waals surface area (Å²) >= 11 is 0. The van der Waals surface area contributed by atoms with E-state index in [1.165, 1.54) is 6.07 Å². The number of nitrogens with zero attached hydrogens (tertiary/aromatic N) is 4. The second kappa shape index (κ2) is 8.28. The van der Waals surface area contributed by atoms with Gasteiger partial charge in [-0.3, -0.25) is 4.79 Å². The zero-order valence-corrected chi connectivity index (χ0v) is 16.1. The minimum atomic E-state index is -2.78. The van der Waals surface area contributed by atoms with Gasteiger partial charge in [-0.2, -0.15) is 13.9 Å². The quantitative estimate of drug-likeness (QED) is 0.562. The lowest BCUT2D eigenvalue weighted by molar-refractivity contribution is 0.0560. The van der Waals surface area contributed by atoms with Gasteiger partial charge < -0.3 is 13.9 Å². The fraction of sp³-hybridized carbons (Fsp3) is 0.450. The Balaban J connectivity index is 1.62. The first-order chi connectivity index (χ1) is 14.0. The molecule has 3 aromatic rings. The third-order valence-corrected chi connectivity index (χ3v) is 5.04. The van der Waals surface area contributed by atoms with E-state index in [1.54, 1.807) is 0 Å². The Morgan fingerprint density at radius 2 is 2.14 bits per heavy atom. The van der Waals surface area contributed by atoms with Crippen LogP contribution in [0.2, 0.25) is 0 Å². The number of hydrogen-bond donors (Lipinski definition) is 0. The number of fused-ring (bicyclic) bond motifs is 1. The lowest BCUT2D eigenvalue weighted by Crippen LogP contribution is -2.14. The molecule has 9 heteroatoms. The third-order valence-electron chi connectivity index (χ3n) is 5.04. The summed E-state index contributed by atoms with van der Waals surface area (Å²) in [6, 6.07) is 3.11. The van der Waals surface area contributed by atoms with Crippen LogP contribution in [0, 0.1) is 0 Å². The van der Waals surface area contributed by atoms with E-state index in [0.29, 0.717) is 28.5 Å². The standard InChI is InChI=1S/C20H22F2N4O3/c1-2-29-18-10-19-23-16(13-4-7-28-8-5-13)12-25(19)11-14(18)9-17(27)15-3-6-26(24-15)20(21)22/h3,6,10-13,20H,2,4-5,7-9H2,1H3. The molecule has 0 unspecified atom stereocenters. The molecule has 0 bridgehead atoms. The van der Waals surface area contributed by atoms with Crippen molar-refractivity contribution < 1.29 is 23.0 Å². The number of hydrogen-bond acceptors (Lipinski definition) is 5. The Kier molecular flexibility index (Phi) is 5.57. The van der Waals surface area contributed by atoms with Crippen molar-refractivity contribution >= 4 is 11.4 Å². The number of rotatable bonds is 7. The smallest absolute Gasteiger partial charge is 0.333 e. The molecule has 4 rings (SSSR count). The number of imidazole rings is 1. The number of Topliss-reactive ketones (excluding diaryl/α,β-unsaturated/α-hetero) is 1. The summed E-state index contributed by atoms with van der Waals surface area (Å²) in [4.78, 5) is 17.3. The lowest BCUT2D eigenvalue weighted by Gasteiger charge is -2.19. The molecule has 0 aliphatic carbocycles. The summed E-state index contributed by atoms with van der Waals surface area (Å²) in [5, 5.41) is 3.65. The predicted octanol–water partition coefficient (Wildman–Crippen LogP) is 3.64. The van der Waals surface area contributed by atoms with Gasteiger partial charge in [0.15, 0.2) is 5.78 Å². The molecule has 0 N–H and O–H groups in total. The van der Waals surface area contributed by atoms with E-state index < -0.39 is 6.55 Å². The summed E-state index contributed by atoms with van der Waals surface area (Å²) in [6.45, 7) is 0.979. The molecule has 3 aromatic heterocycles. The minimum absolute atomic E-state index is 0.00127. The molecule has 1 aliphatic heterocycles. The Hall–Kier alpha value is -2.81. The molecule has 0 atom stereocenters. The van der Waals surface area contributed by atoms with E-state index in [4.69, 9.17) is 14.5 Å². The van der Waals surface area contributed by atoms with E-state index in [-0.39, 0.29) is 17.9 Å². The van der Waals surface area contributed by atoms with Gasteiger partial charge in [0.05, 0.1) is 12.3 Å². The highest BCUT2D eigenvalue weighted by Gasteiger charge is 2.21. The molecule has 1 aliphatic rings. The number of aromatic nitrogens is 4. The molecule has 7 nitrogen and oxygen atoms in total. The van der Waals surface area contributed by atoms with Crippen molar-refractivity contribution in [1.29, 1.82) is 0 Å². The highest BCUT2D eigenvalue weighted by molar-refractivity contribution is 5.96. The molecule has 154 valence electrons. The topological polar surface area (TPSA) is 70.7 Å². The monoisotopic (exact) mass is 404 g/mol. The molecule has 0 saturated carbocycles. The molecule has 0 spiro atoms. The molecular formula is C20H22F2N4O3. The van der Waals surface area contributed by atoms with Crippen LogP contribution in [-0.2, 0) is 11.2 Å². The van der Waals surface area contributed by atoms with Gasteiger partial charge in [0, 0.05) is 55.8 Å². The summed E-state index contributed by atoms with van der Waals surface area (Å²) < 4.78 is 38.9. The van der Waals surface area contributed by atoms with Crippen molar-refractivity contribution in [3.8, 4) is 5.75 Å². The lowest BCUT2D eigenvalue weighted by atomic mass is 9.97. The maximum absolute atomic E-state index is 12.7. The molecule has 1 fully saturated rings. The number of ketones is 1. The SMILES string of the molecule is CCOc1cc2nc(C3CCOCC3)cn2cc1CC(=O)c1ccn(C(F)F)n1. The highest BCUT2D eigenvalue weighted by atomic mass is 19.3. The van der Waals surface area contributed by atoms with Gasteiger partial charge in [-0.1, -0.05) is 0 Å². The first-order valence-corrected chi connectivity index (χ1v) is 9.63. The molecule has 4 heterocycles. The maximum Gasteiger partial charge on any atom is 0.333 e. The number of ether oxygens (including phenoxy) is 2. The summed E-state index contributed by atoms with van der Waals surface area (Å²) in [6.07, 6.45) is 6.75. The molecule has 29 heavy (non-hydrogen) atoms. The van der Waals surface area contributed by atoms with E-state index in [1.807, 2.05) is 29.8 Å². The van der Waals surface area contributed by atoms with Crippen LogP contribution in [0.1, 0.15) is 54.0 Å². The molecule has 0 aromatic carbocycles. The fourth-order valence-corrected chi connectivity index (χ4v) is 3.55. The summed E-state index contributed by atoms with van der Waals surface area (Å²) in [5.74, 6) is 0.558. The largest absolute Gasteiger partial charge is 0.493 e. The van der Waals surface area contributed by atoms with E-state index >= 15 is 0 Å². The number of pyridine rings is 1. The zero-order valence-electron chi connectivity index (χ0n) is 16.1. The van der Waals surface area contributed by atoms with Crippen molar-refractivity contribution in [3.63, 3.8) is 0 Å². The second-order valence-corrected chi connectivity index (χ2v) is 6.97. The Labute approximate surface area is 166 Å². The van der Waals surface area contributed by atoms with Crippen molar-refractivity contribution in [1.82, 2.24) is 19.2 Å². The predicted molar refractivity (Wildman–Crippen MR) is 101 cm³/mol. The van der Waals surface area contributed by atoms with Crippen LogP contribution in [0.4, 0.5) is 8.78 Å². The van der Waals surface area contributed by atoms with Crippen LogP contribution in [0.25, 0.3) is 5.65 Å². The average molecular weight is 404 g/mol. The first-order valence-electron chi connectivity index (χ1n) is 9.63. The fourth-order valence-electron chi connectivity index (χ4n) is 3.55. The van der Waals surface area contributed by atoms with Gasteiger partial charge in [-0.05, 0) is 25.8 Å². The van der Waals surface area contributed by atoms with Gasteiger partial charge in [0.2, 0.25) is 0 Å². The molecule has 0 amide bonds. The van der Waals surface area contributed by atoms with E-state index in [0.717, 1.165) is 43.6 Å². The normalized spacial score (nSPS) is 15.3. The van der Waals surface area contributed by atoms with Crippen LogP contribution in [0.5, 0.6) is 5.75 Å². The minimum Gasteiger partial charge on any atom is -0.493 e. The zero-order chi connectivity index (χ0) is 20.4. The van der Waals surface area contributed by atoms with Crippen molar-refractivity contribution in [3.05, 3.63) is 47.7 Å². The van der Waals surface area contributed by atoms with E-state index in [2.05, 4.69) is 5.10 Å². The van der Waals surface area contributed by atoms with Crippen LogP contribution in [0.3, 0.4) is 0 Å². The summed E-state index contributed by atoms with van der Waals surface area (Å²) in [7, 11) is 0. The Morgan fingerprint density at radius 1 is 1.34 bits per heavy atom. The van der Waals surface area contributed by atoms with Gasteiger partial charge in [0.1, 0.15) is 17.1 Å². The Bertz CT molecular complexity index is 1010. The second-order valence-electron chi connectivity index (χ2n) is 6.97. The number of carbonyl (C=O) groups excluding carboxylic acids is 1. The van der Waals surface area contributed by atoms with Crippen LogP contribution in [-0.4, -0.2) is 44.8 Å². The average Bonchev–Trinajstić information content (AvgIpc) is 3.36. The molecule has 1 saturated heterocycles. The summed E-state index contributed by atoms with van der Waals surface area (Å²) in [5.41, 5.74) is 2.40. The number of carbonyl (C=O) groups is 1. The van der Waals surface area contributed by atoms with E-state index in [9.17, 15) is 13.6 Å². The molecule has 0 radical (unpaired) electrons.